The largest absolute Gasteiger partial charge is 0.481 e. The molecule has 0 radical (unpaired) electrons. The summed E-state index contributed by atoms with van der Waals surface area (Å²) in [4.78, 5) is 60.1. The van der Waals surface area contributed by atoms with Crippen LogP contribution in [0.25, 0.3) is 10.9 Å². The minimum absolute atomic E-state index is 0.00144. The fourth-order valence-electron chi connectivity index (χ4n) is 3.50. The van der Waals surface area contributed by atoms with E-state index in [0.29, 0.717) is 5.52 Å². The number of carboxylic acid groups (broad SMARTS) is 1. The van der Waals surface area contributed by atoms with Crippen molar-refractivity contribution in [3.63, 3.8) is 0 Å². The number of rotatable bonds is 10. The van der Waals surface area contributed by atoms with Crippen LogP contribution in [-0.4, -0.2) is 39.8 Å². The summed E-state index contributed by atoms with van der Waals surface area (Å²) in [6.07, 6.45) is 0.576. The molecule has 2 aromatic carbocycles. The number of esters is 1. The average Bonchev–Trinajstić information content (AvgIpc) is 2.81. The number of hydrogen-bond donors (Lipinski definition) is 1. The third-order valence-corrected chi connectivity index (χ3v) is 5.17. The molecule has 1 heterocycles. The molecule has 3 aromatic rings. The number of pyridine rings is 1. The molecular weight excluding hydrogens is 445 g/mol. The lowest BCUT2D eigenvalue weighted by Gasteiger charge is -2.14. The van der Waals surface area contributed by atoms with E-state index in [1.54, 1.807) is 29.0 Å². The number of benzene rings is 2. The van der Waals surface area contributed by atoms with Gasteiger partial charge in [-0.05, 0) is 49.2 Å². The fourth-order valence-corrected chi connectivity index (χ4v) is 3.50. The third-order valence-electron chi connectivity index (χ3n) is 5.17. The van der Waals surface area contributed by atoms with Gasteiger partial charge in [-0.1, -0.05) is 12.1 Å². The summed E-state index contributed by atoms with van der Waals surface area (Å²) < 4.78 is 19.6. The van der Waals surface area contributed by atoms with Gasteiger partial charge in [0.15, 0.2) is 11.2 Å². The summed E-state index contributed by atoms with van der Waals surface area (Å²) >= 11 is 0. The smallest absolute Gasteiger partial charge is 0.375 e. The lowest BCUT2D eigenvalue weighted by atomic mass is 10.0. The van der Waals surface area contributed by atoms with Crippen LogP contribution in [0.5, 0.6) is 0 Å². The molecule has 0 saturated heterocycles. The highest BCUT2D eigenvalue weighted by atomic mass is 19.1. The van der Waals surface area contributed by atoms with E-state index in [-0.39, 0.29) is 42.5 Å². The Morgan fingerprint density at radius 3 is 2.41 bits per heavy atom. The summed E-state index contributed by atoms with van der Waals surface area (Å²) in [6, 6.07) is 10.1. The molecule has 0 unspecified atom stereocenters. The zero-order chi connectivity index (χ0) is 24.8. The third kappa shape index (κ3) is 5.80. The molecular formula is C25H22FNO7. The first-order valence-corrected chi connectivity index (χ1v) is 10.5. The van der Waals surface area contributed by atoms with Crippen LogP contribution in [0.3, 0.4) is 0 Å². The Bertz CT molecular complexity index is 1330. The van der Waals surface area contributed by atoms with E-state index in [9.17, 15) is 28.4 Å². The van der Waals surface area contributed by atoms with Crippen LogP contribution in [0, 0.1) is 5.82 Å². The molecule has 0 fully saturated rings. The lowest BCUT2D eigenvalue weighted by Crippen LogP contribution is -2.21. The van der Waals surface area contributed by atoms with Crippen molar-refractivity contribution in [1.29, 1.82) is 0 Å². The van der Waals surface area contributed by atoms with Crippen molar-refractivity contribution in [1.82, 2.24) is 4.57 Å². The van der Waals surface area contributed by atoms with E-state index in [0.717, 1.165) is 5.56 Å². The summed E-state index contributed by atoms with van der Waals surface area (Å²) in [5.41, 5.74) is 1.09. The molecule has 0 atom stereocenters. The number of aryl methyl sites for hydroxylation is 1. The van der Waals surface area contributed by atoms with Gasteiger partial charge in [0.25, 0.3) is 0 Å². The second-order valence-electron chi connectivity index (χ2n) is 7.61. The maximum absolute atomic E-state index is 13.3. The van der Waals surface area contributed by atoms with Crippen LogP contribution in [0.1, 0.15) is 41.3 Å². The predicted molar refractivity (Wildman–Crippen MR) is 120 cm³/mol. The van der Waals surface area contributed by atoms with Crippen LogP contribution >= 0.6 is 0 Å². The second-order valence-corrected chi connectivity index (χ2v) is 7.61. The maximum Gasteiger partial charge on any atom is 0.375 e. The number of hydrogen-bond acceptors (Lipinski definition) is 6. The molecule has 1 N–H and O–H groups in total. The van der Waals surface area contributed by atoms with Crippen molar-refractivity contribution in [3.8, 4) is 0 Å². The summed E-state index contributed by atoms with van der Waals surface area (Å²) in [5.74, 6) is -4.20. The van der Waals surface area contributed by atoms with E-state index in [1.807, 2.05) is 0 Å². The molecule has 9 heteroatoms. The average molecular weight is 467 g/mol. The minimum atomic E-state index is -1.10. The molecule has 34 heavy (non-hydrogen) atoms. The Morgan fingerprint density at radius 2 is 1.76 bits per heavy atom. The van der Waals surface area contributed by atoms with E-state index in [1.165, 1.54) is 31.2 Å². The molecule has 3 rings (SSSR count). The van der Waals surface area contributed by atoms with Gasteiger partial charge < -0.3 is 14.4 Å². The molecule has 1 aromatic heterocycles. The van der Waals surface area contributed by atoms with Crippen LogP contribution in [0.4, 0.5) is 4.39 Å². The highest BCUT2D eigenvalue weighted by Crippen LogP contribution is 2.18. The van der Waals surface area contributed by atoms with Gasteiger partial charge in [0, 0.05) is 35.7 Å². The zero-order valence-electron chi connectivity index (χ0n) is 18.4. The first-order valence-electron chi connectivity index (χ1n) is 10.5. The van der Waals surface area contributed by atoms with Crippen molar-refractivity contribution in [2.45, 2.75) is 32.7 Å². The Labute approximate surface area is 193 Å². The van der Waals surface area contributed by atoms with Gasteiger partial charge in [-0.25, -0.2) is 9.18 Å². The first-order chi connectivity index (χ1) is 16.2. The quantitative estimate of drug-likeness (QED) is 0.211. The predicted octanol–water partition coefficient (Wildman–Crippen LogP) is 2.91. The second kappa shape index (κ2) is 10.7. The number of ether oxygens (including phenoxy) is 1. The number of halogens is 1. The normalized spacial score (nSPS) is 10.8. The van der Waals surface area contributed by atoms with Crippen LogP contribution in [0.15, 0.2) is 53.5 Å². The van der Waals surface area contributed by atoms with Crippen molar-refractivity contribution in [2.75, 3.05) is 6.61 Å². The summed E-state index contributed by atoms with van der Waals surface area (Å²) in [6.45, 7) is 1.81. The lowest BCUT2D eigenvalue weighted by molar-refractivity contribution is -0.153. The van der Waals surface area contributed by atoms with Gasteiger partial charge in [0.05, 0.1) is 18.5 Å². The Kier molecular flexibility index (Phi) is 7.68. The number of aromatic nitrogens is 1. The molecule has 0 spiro atoms. The molecule has 0 aliphatic rings. The summed E-state index contributed by atoms with van der Waals surface area (Å²) in [5, 5.41) is 9.20. The number of carbonyl (C=O) groups excluding carboxylic acids is 3. The van der Waals surface area contributed by atoms with Gasteiger partial charge in [-0.3, -0.25) is 19.2 Å². The number of ketones is 2. The van der Waals surface area contributed by atoms with E-state index >= 15 is 0 Å². The minimum Gasteiger partial charge on any atom is -0.481 e. The van der Waals surface area contributed by atoms with Crippen molar-refractivity contribution in [3.05, 3.63) is 81.4 Å². The van der Waals surface area contributed by atoms with Crippen molar-refractivity contribution in [2.24, 2.45) is 0 Å². The van der Waals surface area contributed by atoms with Gasteiger partial charge >= 0.3 is 11.9 Å². The van der Waals surface area contributed by atoms with Crippen molar-refractivity contribution >= 4 is 34.4 Å². The SMILES string of the molecule is CCOC(=O)C(=O)CC(=O)c1ccc2c(c1)c(=O)c(CCC(=O)O)cn2Cc1ccc(F)cc1. The zero-order valence-corrected chi connectivity index (χ0v) is 18.4. The number of carbonyl (C=O) groups is 4. The van der Waals surface area contributed by atoms with Crippen LogP contribution < -0.4 is 5.43 Å². The molecule has 0 amide bonds. The first kappa shape index (κ1) is 24.5. The van der Waals surface area contributed by atoms with E-state index in [4.69, 9.17) is 5.11 Å². The van der Waals surface area contributed by atoms with Crippen LogP contribution in [0.2, 0.25) is 0 Å². The standard InChI is InChI=1S/C25H22FNO7/c1-2-34-25(33)22(29)12-21(28)16-5-9-20-19(11-16)24(32)17(6-10-23(30)31)14-27(20)13-15-3-7-18(26)8-4-15/h3-5,7-9,11,14H,2,6,10,12-13H2,1H3,(H,30,31). The maximum atomic E-state index is 13.3. The Balaban J connectivity index is 2.03. The Hall–Kier alpha value is -4.14. The fraction of sp³-hybridized carbons (Fsp3) is 0.240. The number of fused-ring (bicyclic) bond motifs is 1. The van der Waals surface area contributed by atoms with E-state index in [2.05, 4.69) is 4.74 Å². The molecule has 0 bridgehead atoms. The molecule has 0 aliphatic carbocycles. The highest BCUT2D eigenvalue weighted by molar-refractivity contribution is 6.38. The monoisotopic (exact) mass is 467 g/mol. The van der Waals surface area contributed by atoms with Crippen LogP contribution in [-0.2, 0) is 32.1 Å². The number of carboxylic acids is 1. The van der Waals surface area contributed by atoms with Gasteiger partial charge in [0.1, 0.15) is 5.82 Å². The van der Waals surface area contributed by atoms with Crippen molar-refractivity contribution < 1.29 is 33.4 Å². The topological polar surface area (TPSA) is 120 Å². The number of aliphatic carboxylic acids is 1. The van der Waals surface area contributed by atoms with Gasteiger partial charge in [0.2, 0.25) is 5.78 Å². The molecule has 0 aliphatic heterocycles. The number of Topliss-reactive ketones (excluding diaryl/α,β-unsaturated/α-hetero) is 2. The van der Waals surface area contributed by atoms with E-state index < -0.39 is 41.2 Å². The Morgan fingerprint density at radius 1 is 1.06 bits per heavy atom. The highest BCUT2D eigenvalue weighted by Gasteiger charge is 2.21. The molecule has 0 saturated carbocycles. The number of nitrogens with zero attached hydrogens (tertiary/aromatic N) is 1. The summed E-state index contributed by atoms with van der Waals surface area (Å²) in [7, 11) is 0. The molecule has 176 valence electrons. The molecule has 8 nitrogen and oxygen atoms in total. The van der Waals surface area contributed by atoms with Gasteiger partial charge in [-0.15, -0.1) is 0 Å². The van der Waals surface area contributed by atoms with Gasteiger partial charge in [-0.2, -0.15) is 0 Å².